The van der Waals surface area contributed by atoms with Gasteiger partial charge in [0, 0.05) is 35.9 Å². The van der Waals surface area contributed by atoms with Crippen LogP contribution in [0.3, 0.4) is 0 Å². The van der Waals surface area contributed by atoms with Gasteiger partial charge < -0.3 is 15.5 Å². The first-order valence-corrected chi connectivity index (χ1v) is 11.1. The molecular weight excluding hydrogens is 489 g/mol. The lowest BCUT2D eigenvalue weighted by atomic mass is 10.6. The third-order valence-electron chi connectivity index (χ3n) is 0.577. The quantitative estimate of drug-likeness (QED) is 0.130. The van der Waals surface area contributed by atoms with Crippen LogP contribution >= 0.6 is 41.3 Å². The minimum atomic E-state index is -2.87. The van der Waals surface area contributed by atoms with Gasteiger partial charge in [-0.2, -0.15) is 0 Å². The van der Waals surface area contributed by atoms with Gasteiger partial charge in [0.2, 0.25) is 0 Å². The van der Waals surface area contributed by atoms with E-state index in [1.807, 2.05) is 0 Å². The Hall–Kier alpha value is -0.0200. The summed E-state index contributed by atoms with van der Waals surface area (Å²) < 4.78 is 43.5. The van der Waals surface area contributed by atoms with Crippen LogP contribution in [0.15, 0.2) is 0 Å². The van der Waals surface area contributed by atoms with Crippen molar-refractivity contribution < 1.29 is 82.0 Å². The van der Waals surface area contributed by atoms with Gasteiger partial charge in [-0.1, -0.05) is 0 Å². The molecule has 0 aromatic carbocycles. The van der Waals surface area contributed by atoms with Gasteiger partial charge in [-0.3, -0.25) is 0 Å². The molecule has 0 amide bonds. The summed E-state index contributed by atoms with van der Waals surface area (Å²) in [6.45, 7) is 1.42. The summed E-state index contributed by atoms with van der Waals surface area (Å²) in [4.78, 5) is 71.2. The maximum Gasteiger partial charge on any atom is 0.692 e. The van der Waals surface area contributed by atoms with Gasteiger partial charge in [0.25, 0.3) is 0 Å². The molecule has 0 aromatic heterocycles. The topological polar surface area (TPSA) is 340 Å². The minimum Gasteiger partial charge on any atom is -0.395 e. The van der Waals surface area contributed by atoms with E-state index in [1.165, 1.54) is 0 Å². The lowest BCUT2D eigenvalue weighted by Gasteiger charge is -1.94. The average molecular weight is 510 g/mol. The molecule has 0 rings (SSSR count). The molecule has 164 valence electrons. The SMILES string of the molecule is O=[P+](O)O.O=[P+](O)O.O=[P+](O)O.O=[P+](O)O.O=[P+](O)O.OCCNCCO. The molecule has 0 aliphatic rings. The van der Waals surface area contributed by atoms with Crippen molar-refractivity contribution in [1.82, 2.24) is 5.32 Å². The maximum atomic E-state index is 8.70. The summed E-state index contributed by atoms with van der Waals surface area (Å²) in [6.07, 6.45) is 0. The number of aliphatic hydroxyl groups is 2. The van der Waals surface area contributed by atoms with Crippen LogP contribution < -0.4 is 5.32 Å². The molecule has 18 nitrogen and oxygen atoms in total. The molecule has 0 atom stereocenters. The number of rotatable bonds is 4. The molecule has 0 radical (unpaired) electrons. The Bertz CT molecular complexity index is 285. The third-order valence-corrected chi connectivity index (χ3v) is 0.577. The highest BCUT2D eigenvalue weighted by Gasteiger charge is 1.94. The summed E-state index contributed by atoms with van der Waals surface area (Å²) in [6, 6.07) is 0. The van der Waals surface area contributed by atoms with Crippen molar-refractivity contribution in [2.45, 2.75) is 0 Å². The first-order chi connectivity index (χ1) is 12.1. The monoisotopic (exact) mass is 510 g/mol. The Labute approximate surface area is 155 Å². The average Bonchev–Trinajstić information content (AvgIpc) is 2.35. The minimum absolute atomic E-state index is 0.139. The third kappa shape index (κ3) is 943. The van der Waals surface area contributed by atoms with Gasteiger partial charge in [-0.25, -0.2) is 0 Å². The van der Waals surface area contributed by atoms with Crippen molar-refractivity contribution in [1.29, 1.82) is 0 Å². The molecule has 0 aliphatic heterocycles. The van der Waals surface area contributed by atoms with Gasteiger partial charge >= 0.3 is 41.3 Å². The highest BCUT2D eigenvalue weighted by Crippen LogP contribution is 1.99. The maximum absolute atomic E-state index is 8.70. The van der Waals surface area contributed by atoms with Crippen molar-refractivity contribution in [3.63, 3.8) is 0 Å². The Kier molecular flexibility index (Phi) is 62.2. The van der Waals surface area contributed by atoms with Gasteiger partial charge in [0.1, 0.15) is 0 Å². The molecule has 0 aromatic rings. The molecular formula is C4H21NO17P5+5. The molecule has 0 fully saturated rings. The predicted molar refractivity (Wildman–Crippen MR) is 87.3 cm³/mol. The van der Waals surface area contributed by atoms with Crippen molar-refractivity contribution in [3.05, 3.63) is 0 Å². The summed E-state index contributed by atoms with van der Waals surface area (Å²) in [5.74, 6) is 0. The van der Waals surface area contributed by atoms with Gasteiger partial charge in [0.05, 0.1) is 13.2 Å². The lowest BCUT2D eigenvalue weighted by Crippen LogP contribution is -2.21. The van der Waals surface area contributed by atoms with Crippen molar-refractivity contribution in [2.24, 2.45) is 0 Å². The zero-order valence-corrected chi connectivity index (χ0v) is 17.4. The highest BCUT2D eigenvalue weighted by atomic mass is 31.1. The van der Waals surface area contributed by atoms with Crippen molar-refractivity contribution >= 4 is 41.3 Å². The van der Waals surface area contributed by atoms with E-state index in [2.05, 4.69) is 5.32 Å². The number of hydrogen-bond acceptors (Lipinski definition) is 8. The normalized spacial score (nSPS) is 7.26. The molecule has 0 saturated carbocycles. The van der Waals surface area contributed by atoms with Crippen LogP contribution in [0.1, 0.15) is 0 Å². The van der Waals surface area contributed by atoms with E-state index in [0.717, 1.165) is 0 Å². The molecule has 0 heterocycles. The van der Waals surface area contributed by atoms with E-state index in [0.29, 0.717) is 13.1 Å². The molecule has 23 heteroatoms. The van der Waals surface area contributed by atoms with Gasteiger partial charge in [-0.05, 0) is 0 Å². The zero-order chi connectivity index (χ0) is 23.4. The van der Waals surface area contributed by atoms with E-state index in [1.54, 1.807) is 0 Å². The lowest BCUT2D eigenvalue weighted by molar-refractivity contribution is 0.266. The molecule has 0 spiro atoms. The number of aliphatic hydroxyl groups excluding tert-OH is 2. The smallest absolute Gasteiger partial charge is 0.395 e. The van der Waals surface area contributed by atoms with Crippen LogP contribution in [0.5, 0.6) is 0 Å². The Morgan fingerprint density at radius 1 is 0.444 bits per heavy atom. The summed E-state index contributed by atoms with van der Waals surface area (Å²) in [7, 11) is -14.4. The Morgan fingerprint density at radius 3 is 0.630 bits per heavy atom. The zero-order valence-electron chi connectivity index (χ0n) is 13.0. The first-order valence-electron chi connectivity index (χ1n) is 5.25. The van der Waals surface area contributed by atoms with E-state index in [-0.39, 0.29) is 13.2 Å². The summed E-state index contributed by atoms with van der Waals surface area (Å²) >= 11 is 0. The summed E-state index contributed by atoms with van der Waals surface area (Å²) in [5.41, 5.74) is 0. The van der Waals surface area contributed by atoms with Crippen LogP contribution in [0.2, 0.25) is 0 Å². The Morgan fingerprint density at radius 2 is 0.556 bits per heavy atom. The van der Waals surface area contributed by atoms with E-state index in [9.17, 15) is 0 Å². The largest absolute Gasteiger partial charge is 0.692 e. The second-order valence-electron chi connectivity index (χ2n) is 2.46. The second kappa shape index (κ2) is 40.6. The number of hydrogen-bond donors (Lipinski definition) is 13. The van der Waals surface area contributed by atoms with E-state index in [4.69, 9.17) is 82.0 Å². The van der Waals surface area contributed by atoms with Crippen molar-refractivity contribution in [3.8, 4) is 0 Å². The fourth-order valence-corrected chi connectivity index (χ4v) is 0.283. The molecule has 27 heavy (non-hydrogen) atoms. The second-order valence-corrected chi connectivity index (χ2v) is 4.99. The molecule has 13 N–H and O–H groups in total. The van der Waals surface area contributed by atoms with Gasteiger partial charge in [0.15, 0.2) is 0 Å². The van der Waals surface area contributed by atoms with Crippen molar-refractivity contribution in [2.75, 3.05) is 26.3 Å². The predicted octanol–water partition coefficient (Wildman–Crippen LogP) is -3.30. The van der Waals surface area contributed by atoms with E-state index < -0.39 is 41.3 Å². The highest BCUT2D eigenvalue weighted by molar-refractivity contribution is 7.31. The van der Waals surface area contributed by atoms with Crippen LogP contribution in [0.4, 0.5) is 0 Å². The first kappa shape index (κ1) is 41.4. The molecule has 0 saturated heterocycles. The summed E-state index contributed by atoms with van der Waals surface area (Å²) in [5, 5.41) is 19.1. The molecule has 0 bridgehead atoms. The van der Waals surface area contributed by atoms with Gasteiger partial charge in [-0.15, -0.1) is 48.9 Å². The molecule has 0 unspecified atom stereocenters. The van der Waals surface area contributed by atoms with E-state index >= 15 is 0 Å². The van der Waals surface area contributed by atoms with Crippen LogP contribution in [0.25, 0.3) is 0 Å². The fraction of sp³-hybridized carbons (Fsp3) is 1.00. The number of nitrogens with one attached hydrogen (secondary N) is 1. The standard InChI is InChI=1S/C4H11NO2.5HO3P/c6-3-1-5-2-4-7;5*1-4(2)3/h5-7H,1-4H2;5*(H-,1,2,3)/p+5. The van der Waals surface area contributed by atoms with Crippen LogP contribution in [0, 0.1) is 0 Å². The van der Waals surface area contributed by atoms with Crippen LogP contribution in [-0.2, 0) is 22.8 Å². The van der Waals surface area contributed by atoms with Crippen LogP contribution in [-0.4, -0.2) is 85.5 Å². The fourth-order valence-electron chi connectivity index (χ4n) is 0.283. The Balaban J connectivity index is -0.0000000500. The molecule has 0 aliphatic carbocycles.